The van der Waals surface area contributed by atoms with Crippen LogP contribution in [0.1, 0.15) is 23.8 Å². The normalized spacial score (nSPS) is 26.8. The first-order valence-corrected chi connectivity index (χ1v) is 7.34. The van der Waals surface area contributed by atoms with E-state index in [0.717, 1.165) is 24.5 Å². The van der Waals surface area contributed by atoms with E-state index in [1.54, 1.807) is 11.9 Å². The van der Waals surface area contributed by atoms with Crippen molar-refractivity contribution in [2.24, 2.45) is 5.92 Å². The third kappa shape index (κ3) is 2.63. The molecule has 2 aliphatic rings. The Bertz CT molecular complexity index is 453. The van der Waals surface area contributed by atoms with Crippen LogP contribution in [0.2, 0.25) is 0 Å². The Morgan fingerprint density at radius 2 is 2.05 bits per heavy atom. The average molecular weight is 283 g/mol. The third-order valence-electron chi connectivity index (χ3n) is 3.61. The molecule has 6 nitrogen and oxygen atoms in total. The van der Waals surface area contributed by atoms with Crippen molar-refractivity contribution in [1.29, 1.82) is 0 Å². The van der Waals surface area contributed by atoms with Gasteiger partial charge in [0.25, 0.3) is 0 Å². The largest absolute Gasteiger partial charge is 0.381 e. The lowest BCUT2D eigenvalue weighted by Gasteiger charge is -2.16. The number of hydrogen-bond acceptors (Lipinski definition) is 6. The lowest BCUT2D eigenvalue weighted by atomic mass is 10.1. The zero-order valence-corrected chi connectivity index (χ0v) is 11.7. The van der Waals surface area contributed by atoms with Gasteiger partial charge in [0.2, 0.25) is 11.0 Å². The molecule has 2 fully saturated rings. The Kier molecular flexibility index (Phi) is 3.76. The first kappa shape index (κ1) is 13.0. The van der Waals surface area contributed by atoms with Gasteiger partial charge < -0.3 is 9.47 Å². The molecule has 104 valence electrons. The van der Waals surface area contributed by atoms with Crippen LogP contribution >= 0.6 is 11.3 Å². The summed E-state index contributed by atoms with van der Waals surface area (Å²) in [6, 6.07) is 0. The molecule has 3 rings (SSSR count). The van der Waals surface area contributed by atoms with Gasteiger partial charge in [0.15, 0.2) is 0 Å². The highest BCUT2D eigenvalue weighted by molar-refractivity contribution is 7.15. The molecule has 0 N–H and O–H groups in total. The summed E-state index contributed by atoms with van der Waals surface area (Å²) in [7, 11) is 1.76. The van der Waals surface area contributed by atoms with Crippen molar-refractivity contribution in [3.05, 3.63) is 5.01 Å². The fourth-order valence-electron chi connectivity index (χ4n) is 2.35. The summed E-state index contributed by atoms with van der Waals surface area (Å²) in [6.45, 7) is 2.69. The zero-order chi connectivity index (χ0) is 13.2. The van der Waals surface area contributed by atoms with Crippen LogP contribution in [0, 0.1) is 5.92 Å². The van der Waals surface area contributed by atoms with Gasteiger partial charge in [-0.1, -0.05) is 11.3 Å². The van der Waals surface area contributed by atoms with E-state index in [1.807, 2.05) is 0 Å². The van der Waals surface area contributed by atoms with E-state index in [9.17, 15) is 4.79 Å². The van der Waals surface area contributed by atoms with Crippen LogP contribution in [-0.2, 0) is 14.3 Å². The Morgan fingerprint density at radius 1 is 1.26 bits per heavy atom. The Hall–Kier alpha value is -1.05. The van der Waals surface area contributed by atoms with E-state index in [4.69, 9.17) is 9.47 Å². The van der Waals surface area contributed by atoms with Gasteiger partial charge in [-0.3, -0.25) is 9.69 Å². The number of hydrogen-bond donors (Lipinski definition) is 0. The van der Waals surface area contributed by atoms with Crippen molar-refractivity contribution < 1.29 is 14.3 Å². The van der Waals surface area contributed by atoms with Crippen LogP contribution in [0.3, 0.4) is 0 Å². The van der Waals surface area contributed by atoms with Gasteiger partial charge in [0, 0.05) is 26.2 Å². The number of carbonyl (C=O) groups is 1. The van der Waals surface area contributed by atoms with Crippen LogP contribution in [0.5, 0.6) is 0 Å². The van der Waals surface area contributed by atoms with Crippen LogP contribution < -0.4 is 4.90 Å². The molecule has 1 aromatic heterocycles. The van der Waals surface area contributed by atoms with Crippen molar-refractivity contribution in [2.75, 3.05) is 38.4 Å². The molecule has 19 heavy (non-hydrogen) atoms. The van der Waals surface area contributed by atoms with Crippen molar-refractivity contribution in [3.63, 3.8) is 0 Å². The summed E-state index contributed by atoms with van der Waals surface area (Å²) < 4.78 is 10.6. The number of rotatable bonds is 3. The van der Waals surface area contributed by atoms with Crippen LogP contribution in [0.25, 0.3) is 0 Å². The molecule has 0 aromatic carbocycles. The van der Waals surface area contributed by atoms with Crippen molar-refractivity contribution in [1.82, 2.24) is 10.2 Å². The molecule has 0 unspecified atom stereocenters. The molecule has 1 amide bonds. The standard InChI is InChI=1S/C12H17N3O3S/c1-15(11(16)9-3-5-18-7-9)12-14-13-10(19-12)8-2-4-17-6-8/h8-9H,2-7H2,1H3/t8-,9+/m1/s1. The number of aromatic nitrogens is 2. The Balaban J connectivity index is 1.69. The number of carbonyl (C=O) groups excluding carboxylic acids is 1. The fraction of sp³-hybridized carbons (Fsp3) is 0.750. The van der Waals surface area contributed by atoms with Crippen LogP contribution in [0.15, 0.2) is 0 Å². The molecule has 0 aliphatic carbocycles. The minimum absolute atomic E-state index is 0.0350. The van der Waals surface area contributed by atoms with Crippen LogP contribution in [-0.4, -0.2) is 49.6 Å². The smallest absolute Gasteiger partial charge is 0.234 e. The second-order valence-electron chi connectivity index (χ2n) is 4.94. The molecule has 0 saturated carbocycles. The maximum Gasteiger partial charge on any atom is 0.234 e. The highest BCUT2D eigenvalue weighted by Crippen LogP contribution is 2.31. The number of ether oxygens (including phenoxy) is 2. The maximum absolute atomic E-state index is 12.2. The Labute approximate surface area is 115 Å². The van der Waals surface area contributed by atoms with Gasteiger partial charge in [-0.25, -0.2) is 0 Å². The van der Waals surface area contributed by atoms with E-state index in [-0.39, 0.29) is 11.8 Å². The molecular formula is C12H17N3O3S. The van der Waals surface area contributed by atoms with Crippen molar-refractivity contribution in [3.8, 4) is 0 Å². The topological polar surface area (TPSA) is 64.6 Å². The van der Waals surface area contributed by atoms with Gasteiger partial charge in [-0.15, -0.1) is 10.2 Å². The van der Waals surface area contributed by atoms with E-state index in [0.29, 0.717) is 30.9 Å². The predicted molar refractivity (Wildman–Crippen MR) is 70.4 cm³/mol. The minimum Gasteiger partial charge on any atom is -0.381 e. The summed E-state index contributed by atoms with van der Waals surface area (Å²) in [4.78, 5) is 13.8. The van der Waals surface area contributed by atoms with Crippen molar-refractivity contribution in [2.45, 2.75) is 18.8 Å². The monoisotopic (exact) mass is 283 g/mol. The molecule has 2 atom stereocenters. The van der Waals surface area contributed by atoms with Crippen LogP contribution in [0.4, 0.5) is 5.13 Å². The fourth-order valence-corrected chi connectivity index (χ4v) is 3.28. The molecular weight excluding hydrogens is 266 g/mol. The zero-order valence-electron chi connectivity index (χ0n) is 10.9. The van der Waals surface area contributed by atoms with Gasteiger partial charge in [0.1, 0.15) is 5.01 Å². The third-order valence-corrected chi connectivity index (χ3v) is 4.77. The molecule has 0 bridgehead atoms. The van der Waals surface area contributed by atoms with E-state index in [2.05, 4.69) is 10.2 Å². The average Bonchev–Trinajstić information content (AvgIpc) is 3.16. The first-order valence-electron chi connectivity index (χ1n) is 6.52. The lowest BCUT2D eigenvalue weighted by Crippen LogP contribution is -2.33. The van der Waals surface area contributed by atoms with Gasteiger partial charge in [-0.2, -0.15) is 0 Å². The lowest BCUT2D eigenvalue weighted by molar-refractivity contribution is -0.122. The molecule has 7 heteroatoms. The summed E-state index contributed by atoms with van der Waals surface area (Å²) in [5.41, 5.74) is 0. The van der Waals surface area contributed by atoms with Gasteiger partial charge >= 0.3 is 0 Å². The summed E-state index contributed by atoms with van der Waals surface area (Å²) in [5.74, 6) is 0.375. The number of anilines is 1. The highest BCUT2D eigenvalue weighted by Gasteiger charge is 2.29. The summed E-state index contributed by atoms with van der Waals surface area (Å²) in [5, 5.41) is 9.96. The highest BCUT2D eigenvalue weighted by atomic mass is 32.1. The SMILES string of the molecule is CN(C(=O)[C@H]1CCOC1)c1nnc([C@@H]2CCOC2)s1. The summed E-state index contributed by atoms with van der Waals surface area (Å²) in [6.07, 6.45) is 1.79. The summed E-state index contributed by atoms with van der Waals surface area (Å²) >= 11 is 1.49. The van der Waals surface area contributed by atoms with Gasteiger partial charge in [-0.05, 0) is 12.8 Å². The molecule has 1 aromatic rings. The van der Waals surface area contributed by atoms with E-state index >= 15 is 0 Å². The van der Waals surface area contributed by atoms with Crippen molar-refractivity contribution >= 4 is 22.4 Å². The molecule has 2 saturated heterocycles. The van der Waals surface area contributed by atoms with Gasteiger partial charge in [0.05, 0.1) is 19.1 Å². The maximum atomic E-state index is 12.2. The molecule has 2 aliphatic heterocycles. The van der Waals surface area contributed by atoms with E-state index in [1.165, 1.54) is 11.3 Å². The second-order valence-corrected chi connectivity index (χ2v) is 5.93. The quantitative estimate of drug-likeness (QED) is 0.829. The molecule has 0 radical (unpaired) electrons. The Morgan fingerprint density at radius 3 is 2.74 bits per heavy atom. The second kappa shape index (κ2) is 5.52. The molecule has 0 spiro atoms. The number of amides is 1. The first-order chi connectivity index (χ1) is 9.25. The predicted octanol–water partition coefficient (Wildman–Crippen LogP) is 1.04. The minimum atomic E-state index is -0.0350. The number of nitrogens with zero attached hydrogens (tertiary/aromatic N) is 3. The molecule has 3 heterocycles. The van der Waals surface area contributed by atoms with E-state index < -0.39 is 0 Å².